The second-order valence-corrected chi connectivity index (χ2v) is 4.54. The third-order valence-corrected chi connectivity index (χ3v) is 3.24. The standard InChI is InChI=1S/C13H16N2OS/c1-16-13-8-12(3-6-15-13)9-14-5-2-11-4-7-17-10-11/h3-4,6-8,10,14H,2,5,9H2,1H3. The highest BCUT2D eigenvalue weighted by Gasteiger charge is 1.97. The van der Waals surface area contributed by atoms with Crippen LogP contribution in [0.4, 0.5) is 0 Å². The van der Waals surface area contributed by atoms with Crippen molar-refractivity contribution < 1.29 is 4.74 Å². The number of rotatable bonds is 6. The Kier molecular flexibility index (Phi) is 4.53. The van der Waals surface area contributed by atoms with Gasteiger partial charge in [-0.25, -0.2) is 4.98 Å². The fourth-order valence-corrected chi connectivity index (χ4v) is 2.28. The van der Waals surface area contributed by atoms with Crippen LogP contribution in [0.2, 0.25) is 0 Å². The molecule has 0 aliphatic rings. The molecule has 0 bridgehead atoms. The second kappa shape index (κ2) is 6.37. The van der Waals surface area contributed by atoms with Crippen LogP contribution in [0.25, 0.3) is 0 Å². The van der Waals surface area contributed by atoms with Crippen molar-refractivity contribution in [2.45, 2.75) is 13.0 Å². The minimum absolute atomic E-state index is 0.669. The summed E-state index contributed by atoms with van der Waals surface area (Å²) in [6.45, 7) is 1.84. The van der Waals surface area contributed by atoms with Gasteiger partial charge in [0.05, 0.1) is 7.11 Å². The lowest BCUT2D eigenvalue weighted by atomic mass is 10.2. The highest BCUT2D eigenvalue weighted by molar-refractivity contribution is 7.07. The molecule has 2 aromatic heterocycles. The molecule has 0 aliphatic heterocycles. The quantitative estimate of drug-likeness (QED) is 0.797. The molecule has 0 radical (unpaired) electrons. The SMILES string of the molecule is COc1cc(CNCCc2ccsc2)ccn1. The topological polar surface area (TPSA) is 34.1 Å². The summed E-state index contributed by atoms with van der Waals surface area (Å²) in [5.41, 5.74) is 2.59. The van der Waals surface area contributed by atoms with Crippen LogP contribution in [0.1, 0.15) is 11.1 Å². The van der Waals surface area contributed by atoms with E-state index in [2.05, 4.69) is 27.1 Å². The van der Waals surface area contributed by atoms with Gasteiger partial charge in [0, 0.05) is 18.8 Å². The first-order chi connectivity index (χ1) is 8.38. The minimum atomic E-state index is 0.669. The summed E-state index contributed by atoms with van der Waals surface area (Å²) in [4.78, 5) is 4.08. The van der Waals surface area contributed by atoms with E-state index in [1.165, 1.54) is 11.1 Å². The number of pyridine rings is 1. The first-order valence-corrected chi connectivity index (χ1v) is 6.53. The number of hydrogen-bond donors (Lipinski definition) is 1. The first kappa shape index (κ1) is 12.1. The van der Waals surface area contributed by atoms with Gasteiger partial charge in [-0.05, 0) is 47.0 Å². The lowest BCUT2D eigenvalue weighted by Crippen LogP contribution is -2.16. The highest BCUT2D eigenvalue weighted by Crippen LogP contribution is 2.08. The summed E-state index contributed by atoms with van der Waals surface area (Å²) in [6, 6.07) is 6.12. The van der Waals surface area contributed by atoms with E-state index >= 15 is 0 Å². The molecule has 2 rings (SSSR count). The largest absolute Gasteiger partial charge is 0.481 e. The van der Waals surface area contributed by atoms with Crippen LogP contribution >= 0.6 is 11.3 Å². The van der Waals surface area contributed by atoms with Crippen molar-refractivity contribution in [3.05, 3.63) is 46.3 Å². The number of nitrogens with one attached hydrogen (secondary N) is 1. The van der Waals surface area contributed by atoms with Gasteiger partial charge in [-0.2, -0.15) is 11.3 Å². The van der Waals surface area contributed by atoms with E-state index in [0.717, 1.165) is 19.5 Å². The Labute approximate surface area is 105 Å². The lowest BCUT2D eigenvalue weighted by Gasteiger charge is -2.05. The van der Waals surface area contributed by atoms with Crippen molar-refractivity contribution in [3.8, 4) is 5.88 Å². The zero-order chi connectivity index (χ0) is 11.9. The number of nitrogens with zero attached hydrogens (tertiary/aromatic N) is 1. The van der Waals surface area contributed by atoms with Crippen LogP contribution in [-0.4, -0.2) is 18.6 Å². The van der Waals surface area contributed by atoms with Gasteiger partial charge in [0.2, 0.25) is 5.88 Å². The lowest BCUT2D eigenvalue weighted by molar-refractivity contribution is 0.397. The number of thiophene rings is 1. The monoisotopic (exact) mass is 248 g/mol. The van der Waals surface area contributed by atoms with Gasteiger partial charge in [-0.15, -0.1) is 0 Å². The Morgan fingerprint density at radius 1 is 1.35 bits per heavy atom. The van der Waals surface area contributed by atoms with Gasteiger partial charge in [-0.3, -0.25) is 0 Å². The summed E-state index contributed by atoms with van der Waals surface area (Å²) >= 11 is 1.75. The van der Waals surface area contributed by atoms with Gasteiger partial charge >= 0.3 is 0 Å². The fourth-order valence-electron chi connectivity index (χ4n) is 1.57. The van der Waals surface area contributed by atoms with Crippen molar-refractivity contribution >= 4 is 11.3 Å². The maximum atomic E-state index is 5.08. The van der Waals surface area contributed by atoms with Gasteiger partial charge in [0.1, 0.15) is 0 Å². The smallest absolute Gasteiger partial charge is 0.213 e. The van der Waals surface area contributed by atoms with E-state index in [9.17, 15) is 0 Å². The average Bonchev–Trinajstić information content (AvgIpc) is 2.88. The third kappa shape index (κ3) is 3.84. The van der Waals surface area contributed by atoms with Gasteiger partial charge in [-0.1, -0.05) is 0 Å². The molecule has 0 aliphatic carbocycles. The Balaban J connectivity index is 1.74. The van der Waals surface area contributed by atoms with Gasteiger partial charge in [0.15, 0.2) is 0 Å². The molecular weight excluding hydrogens is 232 g/mol. The zero-order valence-electron chi connectivity index (χ0n) is 9.85. The molecule has 90 valence electrons. The number of aromatic nitrogens is 1. The molecule has 2 heterocycles. The summed E-state index contributed by atoms with van der Waals surface area (Å²) in [6.07, 6.45) is 2.85. The Hall–Kier alpha value is -1.39. The molecule has 0 unspecified atom stereocenters. The van der Waals surface area contributed by atoms with Crippen molar-refractivity contribution in [2.24, 2.45) is 0 Å². The van der Waals surface area contributed by atoms with Crippen molar-refractivity contribution in [2.75, 3.05) is 13.7 Å². The minimum Gasteiger partial charge on any atom is -0.481 e. The molecule has 0 amide bonds. The van der Waals surface area contributed by atoms with Gasteiger partial charge in [0.25, 0.3) is 0 Å². The summed E-state index contributed by atoms with van der Waals surface area (Å²) < 4.78 is 5.08. The number of ether oxygens (including phenoxy) is 1. The molecule has 0 saturated carbocycles. The third-order valence-electron chi connectivity index (χ3n) is 2.51. The van der Waals surface area contributed by atoms with Crippen molar-refractivity contribution in [1.82, 2.24) is 10.3 Å². The predicted octanol–water partition coefficient (Wildman–Crippen LogP) is 2.48. The molecule has 17 heavy (non-hydrogen) atoms. The zero-order valence-corrected chi connectivity index (χ0v) is 10.7. The summed E-state index contributed by atoms with van der Waals surface area (Å²) in [5, 5.41) is 7.72. The Morgan fingerprint density at radius 3 is 3.06 bits per heavy atom. The predicted molar refractivity (Wildman–Crippen MR) is 70.5 cm³/mol. The highest BCUT2D eigenvalue weighted by atomic mass is 32.1. The van der Waals surface area contributed by atoms with Crippen molar-refractivity contribution in [1.29, 1.82) is 0 Å². The van der Waals surface area contributed by atoms with E-state index in [1.54, 1.807) is 24.6 Å². The van der Waals surface area contributed by atoms with Crippen LogP contribution < -0.4 is 10.1 Å². The van der Waals surface area contributed by atoms with Crippen LogP contribution in [-0.2, 0) is 13.0 Å². The maximum absolute atomic E-state index is 5.08. The molecule has 0 aromatic carbocycles. The molecule has 4 heteroatoms. The van der Waals surface area contributed by atoms with Crippen LogP contribution in [0, 0.1) is 0 Å². The van der Waals surface area contributed by atoms with E-state index in [0.29, 0.717) is 5.88 Å². The molecule has 0 fully saturated rings. The van der Waals surface area contributed by atoms with Crippen LogP contribution in [0.3, 0.4) is 0 Å². The van der Waals surface area contributed by atoms with E-state index in [1.807, 2.05) is 12.1 Å². The number of hydrogen-bond acceptors (Lipinski definition) is 4. The molecule has 2 aromatic rings. The average molecular weight is 248 g/mol. The fraction of sp³-hybridized carbons (Fsp3) is 0.308. The molecular formula is C13H16N2OS. The second-order valence-electron chi connectivity index (χ2n) is 3.76. The van der Waals surface area contributed by atoms with E-state index in [-0.39, 0.29) is 0 Å². The Bertz CT molecular complexity index is 442. The van der Waals surface area contributed by atoms with Crippen LogP contribution in [0.5, 0.6) is 5.88 Å². The van der Waals surface area contributed by atoms with E-state index in [4.69, 9.17) is 4.74 Å². The van der Waals surface area contributed by atoms with Crippen LogP contribution in [0.15, 0.2) is 35.2 Å². The van der Waals surface area contributed by atoms with E-state index < -0.39 is 0 Å². The molecule has 0 saturated heterocycles. The molecule has 0 spiro atoms. The molecule has 0 atom stereocenters. The first-order valence-electron chi connectivity index (χ1n) is 5.59. The van der Waals surface area contributed by atoms with Gasteiger partial charge < -0.3 is 10.1 Å². The van der Waals surface area contributed by atoms with Crippen molar-refractivity contribution in [3.63, 3.8) is 0 Å². The normalized spacial score (nSPS) is 10.4. The summed E-state index contributed by atoms with van der Waals surface area (Å²) in [5.74, 6) is 0.669. The summed E-state index contributed by atoms with van der Waals surface area (Å²) in [7, 11) is 1.64. The Morgan fingerprint density at radius 2 is 2.29 bits per heavy atom. The number of methoxy groups -OCH3 is 1. The molecule has 1 N–H and O–H groups in total. The molecule has 3 nitrogen and oxygen atoms in total. The maximum Gasteiger partial charge on any atom is 0.213 e.